The standard InChI is InChI=1S/C16H13F3N2O/c17-11-3-1-2-9-8(11)5-7-13(9)21-16(22)10-4-6-12(18)15(20)14(10)19/h1-4,6,13H,5,7,20H2,(H,21,22). The molecule has 22 heavy (non-hydrogen) atoms. The molecule has 3 nitrogen and oxygen atoms in total. The van der Waals surface area contributed by atoms with E-state index in [2.05, 4.69) is 5.32 Å². The predicted molar refractivity (Wildman–Crippen MR) is 75.7 cm³/mol. The fourth-order valence-corrected chi connectivity index (χ4v) is 2.74. The normalized spacial score (nSPS) is 16.4. The van der Waals surface area contributed by atoms with Crippen LogP contribution in [0.25, 0.3) is 0 Å². The van der Waals surface area contributed by atoms with Crippen LogP contribution in [0.3, 0.4) is 0 Å². The van der Waals surface area contributed by atoms with Crippen LogP contribution < -0.4 is 11.1 Å². The maximum Gasteiger partial charge on any atom is 0.254 e. The first-order chi connectivity index (χ1) is 10.5. The van der Waals surface area contributed by atoms with Crippen LogP contribution in [0.15, 0.2) is 30.3 Å². The van der Waals surface area contributed by atoms with Gasteiger partial charge in [0.15, 0.2) is 5.82 Å². The molecule has 1 amide bonds. The molecule has 1 aliphatic carbocycles. The van der Waals surface area contributed by atoms with E-state index in [1.54, 1.807) is 12.1 Å². The molecule has 0 fully saturated rings. The van der Waals surface area contributed by atoms with Crippen LogP contribution in [0.1, 0.15) is 33.9 Å². The number of rotatable bonds is 2. The first kappa shape index (κ1) is 14.4. The van der Waals surface area contributed by atoms with E-state index < -0.39 is 29.3 Å². The van der Waals surface area contributed by atoms with Crippen molar-refractivity contribution in [2.75, 3.05) is 5.73 Å². The van der Waals surface area contributed by atoms with Gasteiger partial charge in [0.25, 0.3) is 5.91 Å². The Morgan fingerprint density at radius 3 is 2.68 bits per heavy atom. The van der Waals surface area contributed by atoms with Crippen LogP contribution in [0.5, 0.6) is 0 Å². The fourth-order valence-electron chi connectivity index (χ4n) is 2.74. The molecule has 2 aromatic carbocycles. The van der Waals surface area contributed by atoms with Crippen molar-refractivity contribution in [1.82, 2.24) is 5.32 Å². The number of carbonyl (C=O) groups is 1. The summed E-state index contributed by atoms with van der Waals surface area (Å²) in [6.07, 6.45) is 1.03. The molecular formula is C16H13F3N2O. The molecule has 6 heteroatoms. The number of halogens is 3. The number of nitrogen functional groups attached to an aromatic ring is 1. The largest absolute Gasteiger partial charge is 0.394 e. The van der Waals surface area contributed by atoms with E-state index in [0.717, 1.165) is 12.1 Å². The summed E-state index contributed by atoms with van der Waals surface area (Å²) in [7, 11) is 0. The lowest BCUT2D eigenvalue weighted by atomic mass is 10.1. The van der Waals surface area contributed by atoms with Crippen LogP contribution >= 0.6 is 0 Å². The van der Waals surface area contributed by atoms with Gasteiger partial charge in [0.05, 0.1) is 11.6 Å². The molecule has 0 bridgehead atoms. The Labute approximate surface area is 124 Å². The van der Waals surface area contributed by atoms with Crippen molar-refractivity contribution < 1.29 is 18.0 Å². The molecule has 3 rings (SSSR count). The Bertz CT molecular complexity index is 761. The number of fused-ring (bicyclic) bond motifs is 1. The van der Waals surface area contributed by atoms with Gasteiger partial charge >= 0.3 is 0 Å². The number of anilines is 1. The second kappa shape index (κ2) is 5.36. The lowest BCUT2D eigenvalue weighted by Crippen LogP contribution is -2.28. The molecule has 0 aliphatic heterocycles. The second-order valence-corrected chi connectivity index (χ2v) is 5.19. The summed E-state index contributed by atoms with van der Waals surface area (Å²) in [6, 6.07) is 6.24. The van der Waals surface area contributed by atoms with Crippen molar-refractivity contribution in [2.45, 2.75) is 18.9 Å². The van der Waals surface area contributed by atoms with Gasteiger partial charge < -0.3 is 11.1 Å². The number of nitrogens with two attached hydrogens (primary N) is 1. The molecule has 1 unspecified atom stereocenters. The highest BCUT2D eigenvalue weighted by Gasteiger charge is 2.27. The third-order valence-corrected chi connectivity index (χ3v) is 3.89. The van der Waals surface area contributed by atoms with Crippen molar-refractivity contribution in [3.8, 4) is 0 Å². The van der Waals surface area contributed by atoms with E-state index in [0.29, 0.717) is 24.0 Å². The minimum absolute atomic E-state index is 0.313. The summed E-state index contributed by atoms with van der Waals surface area (Å²) >= 11 is 0. The zero-order chi connectivity index (χ0) is 15.9. The third kappa shape index (κ3) is 2.30. The van der Waals surface area contributed by atoms with Gasteiger partial charge in [-0.15, -0.1) is 0 Å². The van der Waals surface area contributed by atoms with Crippen LogP contribution in [0, 0.1) is 17.5 Å². The summed E-state index contributed by atoms with van der Waals surface area (Å²) in [6.45, 7) is 0. The highest BCUT2D eigenvalue weighted by atomic mass is 19.1. The SMILES string of the molecule is Nc1c(F)ccc(C(=O)NC2CCc3c(F)cccc32)c1F. The van der Waals surface area contributed by atoms with E-state index in [1.165, 1.54) is 6.07 Å². The minimum Gasteiger partial charge on any atom is -0.394 e. The van der Waals surface area contributed by atoms with E-state index in [4.69, 9.17) is 5.73 Å². The number of benzene rings is 2. The van der Waals surface area contributed by atoms with Crippen LogP contribution in [0.2, 0.25) is 0 Å². The third-order valence-electron chi connectivity index (χ3n) is 3.89. The summed E-state index contributed by atoms with van der Waals surface area (Å²) in [5.74, 6) is -3.02. The molecule has 1 aliphatic rings. The molecule has 0 saturated heterocycles. The number of carbonyl (C=O) groups excluding carboxylic acids is 1. The number of amides is 1. The van der Waals surface area contributed by atoms with Gasteiger partial charge in [-0.1, -0.05) is 12.1 Å². The molecule has 0 aromatic heterocycles. The van der Waals surface area contributed by atoms with Gasteiger partial charge in [-0.25, -0.2) is 13.2 Å². The van der Waals surface area contributed by atoms with E-state index in [9.17, 15) is 18.0 Å². The average Bonchev–Trinajstić information content (AvgIpc) is 2.89. The van der Waals surface area contributed by atoms with Crippen molar-refractivity contribution in [2.24, 2.45) is 0 Å². The molecule has 0 saturated carbocycles. The Kier molecular flexibility index (Phi) is 3.52. The number of nitrogens with one attached hydrogen (secondary N) is 1. The van der Waals surface area contributed by atoms with Crippen LogP contribution in [0.4, 0.5) is 18.9 Å². The molecule has 114 valence electrons. The average molecular weight is 306 g/mol. The Morgan fingerprint density at radius 1 is 1.14 bits per heavy atom. The van der Waals surface area contributed by atoms with Gasteiger partial charge in [-0.05, 0) is 42.2 Å². The topological polar surface area (TPSA) is 55.1 Å². The lowest BCUT2D eigenvalue weighted by molar-refractivity contribution is 0.0932. The summed E-state index contributed by atoms with van der Waals surface area (Å²) in [5, 5.41) is 2.64. The molecule has 0 heterocycles. The quantitative estimate of drug-likeness (QED) is 0.838. The highest BCUT2D eigenvalue weighted by molar-refractivity contribution is 5.95. The van der Waals surface area contributed by atoms with E-state index in [-0.39, 0.29) is 11.4 Å². The molecular weight excluding hydrogens is 293 g/mol. The van der Waals surface area contributed by atoms with Crippen molar-refractivity contribution in [3.05, 3.63) is 64.5 Å². The van der Waals surface area contributed by atoms with Gasteiger partial charge in [-0.3, -0.25) is 4.79 Å². The van der Waals surface area contributed by atoms with Crippen LogP contribution in [-0.2, 0) is 6.42 Å². The predicted octanol–water partition coefficient (Wildman–Crippen LogP) is 3.10. The molecule has 3 N–H and O–H groups in total. The first-order valence-corrected chi connectivity index (χ1v) is 6.80. The number of hydrogen-bond acceptors (Lipinski definition) is 2. The Hall–Kier alpha value is -2.50. The van der Waals surface area contributed by atoms with Crippen molar-refractivity contribution >= 4 is 11.6 Å². The monoisotopic (exact) mass is 306 g/mol. The minimum atomic E-state index is -1.09. The van der Waals surface area contributed by atoms with Crippen molar-refractivity contribution in [3.63, 3.8) is 0 Å². The van der Waals surface area contributed by atoms with E-state index in [1.807, 2.05) is 0 Å². The molecule has 1 atom stereocenters. The van der Waals surface area contributed by atoms with Gasteiger partial charge in [-0.2, -0.15) is 0 Å². The summed E-state index contributed by atoms with van der Waals surface area (Å²) < 4.78 is 40.6. The summed E-state index contributed by atoms with van der Waals surface area (Å²) in [5.41, 5.74) is 5.47. The lowest BCUT2D eigenvalue weighted by Gasteiger charge is -2.15. The Morgan fingerprint density at radius 2 is 1.91 bits per heavy atom. The van der Waals surface area contributed by atoms with E-state index >= 15 is 0 Å². The first-order valence-electron chi connectivity index (χ1n) is 6.80. The maximum absolute atomic E-state index is 13.9. The summed E-state index contributed by atoms with van der Waals surface area (Å²) in [4.78, 5) is 12.2. The zero-order valence-electron chi connectivity index (χ0n) is 11.5. The van der Waals surface area contributed by atoms with Crippen molar-refractivity contribution in [1.29, 1.82) is 0 Å². The number of hydrogen-bond donors (Lipinski definition) is 2. The van der Waals surface area contributed by atoms with Crippen LogP contribution in [-0.4, -0.2) is 5.91 Å². The molecule has 2 aromatic rings. The van der Waals surface area contributed by atoms with Gasteiger partial charge in [0, 0.05) is 0 Å². The molecule has 0 spiro atoms. The molecule has 0 radical (unpaired) electrons. The highest BCUT2D eigenvalue weighted by Crippen LogP contribution is 2.33. The van der Waals surface area contributed by atoms with Gasteiger partial charge in [0.2, 0.25) is 0 Å². The fraction of sp³-hybridized carbons (Fsp3) is 0.188. The Balaban J connectivity index is 1.86. The van der Waals surface area contributed by atoms with Gasteiger partial charge in [0.1, 0.15) is 17.3 Å². The zero-order valence-corrected chi connectivity index (χ0v) is 11.5. The smallest absolute Gasteiger partial charge is 0.254 e. The maximum atomic E-state index is 13.9. The second-order valence-electron chi connectivity index (χ2n) is 5.19.